The van der Waals surface area contributed by atoms with Crippen LogP contribution in [-0.2, 0) is 4.79 Å². The Morgan fingerprint density at radius 1 is 1.12 bits per heavy atom. The maximum atomic E-state index is 10.5. The number of allylic oxidation sites excluding steroid dienone is 5. The standard InChI is InChI=1S/C15H14O2/c1-3-14(7-4-12(2)10-16)15-8-5-13(11-17)6-9-15/h3-11H,1H2,2H3/b12-4+,14-7+. The van der Waals surface area contributed by atoms with Crippen molar-refractivity contribution >= 4 is 18.1 Å². The first kappa shape index (κ1) is 12.8. The van der Waals surface area contributed by atoms with Gasteiger partial charge in [0.05, 0.1) is 0 Å². The zero-order valence-electron chi connectivity index (χ0n) is 9.72. The second kappa shape index (κ2) is 6.38. The molecule has 0 unspecified atom stereocenters. The van der Waals surface area contributed by atoms with Crippen LogP contribution in [0.2, 0.25) is 0 Å². The highest BCUT2D eigenvalue weighted by molar-refractivity contribution is 5.80. The summed E-state index contributed by atoms with van der Waals surface area (Å²) in [5, 5.41) is 0. The van der Waals surface area contributed by atoms with E-state index in [1.807, 2.05) is 18.2 Å². The van der Waals surface area contributed by atoms with Crippen molar-refractivity contribution in [2.24, 2.45) is 0 Å². The minimum absolute atomic E-state index is 0.636. The quantitative estimate of drug-likeness (QED) is 0.439. The van der Waals surface area contributed by atoms with E-state index in [9.17, 15) is 9.59 Å². The summed E-state index contributed by atoms with van der Waals surface area (Å²) in [6, 6.07) is 7.19. The van der Waals surface area contributed by atoms with E-state index in [1.54, 1.807) is 31.2 Å². The molecule has 2 heteroatoms. The van der Waals surface area contributed by atoms with Gasteiger partial charge in [0.15, 0.2) is 0 Å². The number of benzene rings is 1. The van der Waals surface area contributed by atoms with Crippen LogP contribution < -0.4 is 0 Å². The smallest absolute Gasteiger partial charge is 0.150 e. The predicted octanol–water partition coefficient (Wildman–Crippen LogP) is 3.21. The van der Waals surface area contributed by atoms with E-state index in [-0.39, 0.29) is 0 Å². The maximum Gasteiger partial charge on any atom is 0.150 e. The van der Waals surface area contributed by atoms with E-state index in [0.29, 0.717) is 11.1 Å². The molecular formula is C15H14O2. The SMILES string of the molecule is C=C/C(=C\C=C(/C)C=O)c1ccc(C=O)cc1. The first-order chi connectivity index (χ1) is 8.21. The molecule has 0 fully saturated rings. The molecule has 0 aliphatic carbocycles. The minimum Gasteiger partial charge on any atom is -0.298 e. The Bertz CT molecular complexity index is 476. The Labute approximate surface area is 101 Å². The van der Waals surface area contributed by atoms with Gasteiger partial charge in [-0.15, -0.1) is 0 Å². The lowest BCUT2D eigenvalue weighted by Crippen LogP contribution is -1.84. The van der Waals surface area contributed by atoms with Gasteiger partial charge in [0, 0.05) is 5.56 Å². The van der Waals surface area contributed by atoms with Gasteiger partial charge < -0.3 is 0 Å². The summed E-state index contributed by atoms with van der Waals surface area (Å²) < 4.78 is 0. The molecule has 86 valence electrons. The summed E-state index contributed by atoms with van der Waals surface area (Å²) in [5.41, 5.74) is 3.15. The molecule has 0 aromatic heterocycles. The summed E-state index contributed by atoms with van der Waals surface area (Å²) in [6.45, 7) is 5.46. The molecule has 1 aromatic rings. The molecular weight excluding hydrogens is 212 g/mol. The summed E-state index contributed by atoms with van der Waals surface area (Å²) >= 11 is 0. The van der Waals surface area contributed by atoms with Crippen molar-refractivity contribution < 1.29 is 9.59 Å². The number of rotatable bonds is 5. The topological polar surface area (TPSA) is 34.1 Å². The molecule has 0 aliphatic rings. The molecule has 0 saturated heterocycles. The van der Waals surface area contributed by atoms with Gasteiger partial charge in [-0.25, -0.2) is 0 Å². The van der Waals surface area contributed by atoms with Crippen molar-refractivity contribution in [1.29, 1.82) is 0 Å². The fourth-order valence-corrected chi connectivity index (χ4v) is 1.30. The van der Waals surface area contributed by atoms with Gasteiger partial charge in [-0.3, -0.25) is 9.59 Å². The van der Waals surface area contributed by atoms with Gasteiger partial charge in [-0.2, -0.15) is 0 Å². The van der Waals surface area contributed by atoms with Crippen LogP contribution in [0.5, 0.6) is 0 Å². The molecule has 0 atom stereocenters. The van der Waals surface area contributed by atoms with Crippen molar-refractivity contribution in [1.82, 2.24) is 0 Å². The molecule has 17 heavy (non-hydrogen) atoms. The average molecular weight is 226 g/mol. The van der Waals surface area contributed by atoms with Crippen LogP contribution in [0.4, 0.5) is 0 Å². The summed E-state index contributed by atoms with van der Waals surface area (Å²) in [7, 11) is 0. The summed E-state index contributed by atoms with van der Waals surface area (Å²) in [4.78, 5) is 21.0. The van der Waals surface area contributed by atoms with E-state index >= 15 is 0 Å². The molecule has 0 N–H and O–H groups in total. The highest BCUT2D eigenvalue weighted by Gasteiger charge is 1.96. The van der Waals surface area contributed by atoms with Crippen molar-refractivity contribution in [2.75, 3.05) is 0 Å². The normalized spacial score (nSPS) is 12.1. The summed E-state index contributed by atoms with van der Waals surface area (Å²) in [5.74, 6) is 0. The van der Waals surface area contributed by atoms with E-state index < -0.39 is 0 Å². The van der Waals surface area contributed by atoms with Crippen molar-refractivity contribution in [3.8, 4) is 0 Å². The lowest BCUT2D eigenvalue weighted by atomic mass is 10.0. The molecule has 0 spiro atoms. The molecule has 1 rings (SSSR count). The number of carbonyl (C=O) groups is 2. The molecule has 0 radical (unpaired) electrons. The summed E-state index contributed by atoms with van der Waals surface area (Å²) in [6.07, 6.45) is 6.87. The minimum atomic E-state index is 0.636. The van der Waals surface area contributed by atoms with Gasteiger partial charge in [-0.05, 0) is 23.6 Å². The average Bonchev–Trinajstić information content (AvgIpc) is 2.39. The third-order valence-electron chi connectivity index (χ3n) is 2.31. The Hall–Kier alpha value is -2.22. The van der Waals surface area contributed by atoms with Crippen LogP contribution in [0.15, 0.2) is 54.6 Å². The third-order valence-corrected chi connectivity index (χ3v) is 2.31. The number of hydrogen-bond acceptors (Lipinski definition) is 2. The zero-order chi connectivity index (χ0) is 12.7. The molecule has 0 heterocycles. The van der Waals surface area contributed by atoms with Crippen molar-refractivity contribution in [3.05, 3.63) is 65.8 Å². The molecule has 2 nitrogen and oxygen atoms in total. The highest BCUT2D eigenvalue weighted by Crippen LogP contribution is 2.16. The van der Waals surface area contributed by atoms with Gasteiger partial charge in [0.1, 0.15) is 12.6 Å². The Morgan fingerprint density at radius 2 is 1.76 bits per heavy atom. The van der Waals surface area contributed by atoms with Crippen LogP contribution >= 0.6 is 0 Å². The van der Waals surface area contributed by atoms with E-state index in [1.165, 1.54) is 0 Å². The maximum absolute atomic E-state index is 10.5. The first-order valence-corrected chi connectivity index (χ1v) is 5.23. The fourth-order valence-electron chi connectivity index (χ4n) is 1.30. The van der Waals surface area contributed by atoms with E-state index in [2.05, 4.69) is 6.58 Å². The second-order valence-electron chi connectivity index (χ2n) is 3.59. The predicted molar refractivity (Wildman–Crippen MR) is 69.8 cm³/mol. The zero-order valence-corrected chi connectivity index (χ0v) is 9.72. The molecule has 0 amide bonds. The van der Waals surface area contributed by atoms with Crippen molar-refractivity contribution in [2.45, 2.75) is 6.92 Å². The van der Waals surface area contributed by atoms with Crippen molar-refractivity contribution in [3.63, 3.8) is 0 Å². The number of carbonyl (C=O) groups excluding carboxylic acids is 2. The fraction of sp³-hybridized carbons (Fsp3) is 0.0667. The largest absolute Gasteiger partial charge is 0.298 e. The lowest BCUT2D eigenvalue weighted by Gasteiger charge is -2.01. The van der Waals surface area contributed by atoms with Crippen LogP contribution in [0.1, 0.15) is 22.8 Å². The lowest BCUT2D eigenvalue weighted by molar-refractivity contribution is -0.104. The third kappa shape index (κ3) is 3.68. The first-order valence-electron chi connectivity index (χ1n) is 5.23. The second-order valence-corrected chi connectivity index (χ2v) is 3.59. The molecule has 0 aliphatic heterocycles. The monoisotopic (exact) mass is 226 g/mol. The van der Waals surface area contributed by atoms with Gasteiger partial charge in [0.2, 0.25) is 0 Å². The van der Waals surface area contributed by atoms with Crippen LogP contribution in [0.25, 0.3) is 5.57 Å². The molecule has 1 aromatic carbocycles. The van der Waals surface area contributed by atoms with Crippen LogP contribution in [0, 0.1) is 0 Å². The Kier molecular flexibility index (Phi) is 4.82. The van der Waals surface area contributed by atoms with Gasteiger partial charge >= 0.3 is 0 Å². The van der Waals surface area contributed by atoms with E-state index in [4.69, 9.17) is 0 Å². The van der Waals surface area contributed by atoms with Crippen LogP contribution in [0.3, 0.4) is 0 Å². The van der Waals surface area contributed by atoms with E-state index in [0.717, 1.165) is 23.7 Å². The molecule has 0 saturated carbocycles. The van der Waals surface area contributed by atoms with Gasteiger partial charge in [0.25, 0.3) is 0 Å². The van der Waals surface area contributed by atoms with Gasteiger partial charge in [-0.1, -0.05) is 49.1 Å². The Morgan fingerprint density at radius 3 is 2.24 bits per heavy atom. The highest BCUT2D eigenvalue weighted by atomic mass is 16.1. The van der Waals surface area contributed by atoms with Crippen LogP contribution in [-0.4, -0.2) is 12.6 Å². The Balaban J connectivity index is 3.04. The molecule has 0 bridgehead atoms. The number of aldehydes is 2. The number of hydrogen-bond donors (Lipinski definition) is 0.